The van der Waals surface area contributed by atoms with Gasteiger partial charge in [-0.1, -0.05) is 24.3 Å². The van der Waals surface area contributed by atoms with Crippen LogP contribution in [0, 0.1) is 13.8 Å². The molecule has 1 N–H and O–H groups in total. The first-order valence-electron chi connectivity index (χ1n) is 8.96. The SMILES string of the molecule is Cc1nc(N2CCOCC2)nc(C)c1NC(=O)c1nccc2ccccc12. The average molecular weight is 363 g/mol. The molecule has 0 spiro atoms. The van der Waals surface area contributed by atoms with Crippen molar-refractivity contribution in [1.29, 1.82) is 0 Å². The molecule has 0 bridgehead atoms. The predicted octanol–water partition coefficient (Wildman–Crippen LogP) is 2.73. The Bertz CT molecular complexity index is 970. The lowest BCUT2D eigenvalue weighted by Crippen LogP contribution is -2.37. The molecule has 27 heavy (non-hydrogen) atoms. The van der Waals surface area contributed by atoms with E-state index in [1.54, 1.807) is 6.20 Å². The van der Waals surface area contributed by atoms with Gasteiger partial charge in [-0.15, -0.1) is 0 Å². The second-order valence-corrected chi connectivity index (χ2v) is 6.50. The molecule has 0 aliphatic carbocycles. The standard InChI is InChI=1S/C20H21N5O2/c1-13-17(14(2)23-20(22-13)25-9-11-27-12-10-25)24-19(26)18-16-6-4-3-5-15(16)7-8-21-18/h3-8H,9-12H2,1-2H3,(H,24,26). The van der Waals surface area contributed by atoms with Gasteiger partial charge in [0.05, 0.1) is 30.3 Å². The van der Waals surface area contributed by atoms with Crippen molar-refractivity contribution in [3.8, 4) is 0 Å². The number of hydrogen-bond acceptors (Lipinski definition) is 6. The summed E-state index contributed by atoms with van der Waals surface area (Å²) in [6.45, 7) is 6.64. The first-order chi connectivity index (χ1) is 13.1. The lowest BCUT2D eigenvalue weighted by atomic mass is 10.1. The number of aromatic nitrogens is 3. The molecule has 2 aromatic heterocycles. The zero-order chi connectivity index (χ0) is 18.8. The maximum Gasteiger partial charge on any atom is 0.274 e. The van der Waals surface area contributed by atoms with Crippen molar-refractivity contribution < 1.29 is 9.53 Å². The molecule has 0 radical (unpaired) electrons. The highest BCUT2D eigenvalue weighted by molar-refractivity contribution is 6.11. The van der Waals surface area contributed by atoms with E-state index in [2.05, 4.69) is 25.2 Å². The van der Waals surface area contributed by atoms with Crippen LogP contribution in [0.15, 0.2) is 36.5 Å². The molecule has 1 aliphatic rings. The third-order valence-corrected chi connectivity index (χ3v) is 4.68. The molecule has 3 aromatic rings. The quantitative estimate of drug-likeness (QED) is 0.771. The Labute approximate surface area is 157 Å². The van der Waals surface area contributed by atoms with E-state index in [1.165, 1.54) is 0 Å². The van der Waals surface area contributed by atoms with Gasteiger partial charge in [-0.3, -0.25) is 9.78 Å². The number of carbonyl (C=O) groups excluding carboxylic acids is 1. The van der Waals surface area contributed by atoms with Gasteiger partial charge in [0, 0.05) is 24.7 Å². The summed E-state index contributed by atoms with van der Waals surface area (Å²) in [4.78, 5) is 28.4. The van der Waals surface area contributed by atoms with E-state index in [4.69, 9.17) is 4.74 Å². The van der Waals surface area contributed by atoms with Gasteiger partial charge < -0.3 is 15.0 Å². The number of carbonyl (C=O) groups is 1. The Hall–Kier alpha value is -3.06. The molecule has 7 nitrogen and oxygen atoms in total. The Kier molecular flexibility index (Phi) is 4.68. The first kappa shape index (κ1) is 17.4. The summed E-state index contributed by atoms with van der Waals surface area (Å²) in [5, 5.41) is 4.74. The van der Waals surface area contributed by atoms with Gasteiger partial charge in [0.1, 0.15) is 5.69 Å². The summed E-state index contributed by atoms with van der Waals surface area (Å²) >= 11 is 0. The summed E-state index contributed by atoms with van der Waals surface area (Å²) in [5.41, 5.74) is 2.49. The van der Waals surface area contributed by atoms with Crippen LogP contribution in [0.3, 0.4) is 0 Å². The summed E-state index contributed by atoms with van der Waals surface area (Å²) in [7, 11) is 0. The van der Waals surface area contributed by atoms with Gasteiger partial charge in [-0.2, -0.15) is 0 Å². The van der Waals surface area contributed by atoms with Crippen molar-refractivity contribution in [2.75, 3.05) is 36.5 Å². The number of morpholine rings is 1. The van der Waals surface area contributed by atoms with Crippen molar-refractivity contribution in [1.82, 2.24) is 15.0 Å². The molecule has 0 atom stereocenters. The number of hydrogen-bond donors (Lipinski definition) is 1. The van der Waals surface area contributed by atoms with Crippen LogP contribution in [0.4, 0.5) is 11.6 Å². The molecule has 1 aliphatic heterocycles. The van der Waals surface area contributed by atoms with Gasteiger partial charge >= 0.3 is 0 Å². The van der Waals surface area contributed by atoms with Crippen LogP contribution < -0.4 is 10.2 Å². The van der Waals surface area contributed by atoms with Gasteiger partial charge in [0.15, 0.2) is 0 Å². The average Bonchev–Trinajstić information content (AvgIpc) is 2.70. The van der Waals surface area contributed by atoms with Gasteiger partial charge in [0.25, 0.3) is 5.91 Å². The van der Waals surface area contributed by atoms with Crippen LogP contribution in [-0.2, 0) is 4.74 Å². The van der Waals surface area contributed by atoms with E-state index in [1.807, 2.05) is 44.2 Å². The summed E-state index contributed by atoms with van der Waals surface area (Å²) in [6.07, 6.45) is 1.65. The topological polar surface area (TPSA) is 80.2 Å². The minimum absolute atomic E-state index is 0.263. The highest BCUT2D eigenvalue weighted by Crippen LogP contribution is 2.23. The molecule has 4 rings (SSSR count). The van der Waals surface area contributed by atoms with Crippen LogP contribution in [0.25, 0.3) is 10.8 Å². The number of benzene rings is 1. The minimum Gasteiger partial charge on any atom is -0.378 e. The van der Waals surface area contributed by atoms with Crippen LogP contribution in [-0.4, -0.2) is 47.2 Å². The smallest absolute Gasteiger partial charge is 0.274 e. The molecule has 0 unspecified atom stereocenters. The number of fused-ring (bicyclic) bond motifs is 1. The molecule has 0 saturated carbocycles. The first-order valence-corrected chi connectivity index (χ1v) is 8.96. The van der Waals surface area contributed by atoms with Crippen LogP contribution in [0.2, 0.25) is 0 Å². The second-order valence-electron chi connectivity index (χ2n) is 6.50. The molecule has 138 valence electrons. The Morgan fingerprint density at radius 2 is 1.78 bits per heavy atom. The van der Waals surface area contributed by atoms with E-state index in [0.717, 1.165) is 35.2 Å². The third kappa shape index (κ3) is 3.46. The normalized spacial score (nSPS) is 14.4. The fraction of sp³-hybridized carbons (Fsp3) is 0.300. The van der Waals surface area contributed by atoms with E-state index in [9.17, 15) is 4.79 Å². The highest BCUT2D eigenvalue weighted by atomic mass is 16.5. The zero-order valence-electron chi connectivity index (χ0n) is 15.4. The number of pyridine rings is 1. The Balaban J connectivity index is 1.63. The van der Waals surface area contributed by atoms with E-state index in [-0.39, 0.29) is 5.91 Å². The van der Waals surface area contributed by atoms with E-state index < -0.39 is 0 Å². The largest absolute Gasteiger partial charge is 0.378 e. The number of nitrogens with one attached hydrogen (secondary N) is 1. The molecule has 1 aromatic carbocycles. The van der Waals surface area contributed by atoms with E-state index >= 15 is 0 Å². The van der Waals surface area contributed by atoms with E-state index in [0.29, 0.717) is 30.5 Å². The number of anilines is 2. The number of amides is 1. The van der Waals surface area contributed by atoms with Crippen molar-refractivity contribution >= 4 is 28.3 Å². The maximum absolute atomic E-state index is 12.9. The summed E-state index contributed by atoms with van der Waals surface area (Å²) < 4.78 is 5.38. The van der Waals surface area contributed by atoms with Gasteiger partial charge in [0.2, 0.25) is 5.95 Å². The summed E-state index contributed by atoms with van der Waals surface area (Å²) in [6, 6.07) is 9.59. The summed E-state index contributed by atoms with van der Waals surface area (Å²) in [5.74, 6) is 0.412. The maximum atomic E-state index is 12.9. The Morgan fingerprint density at radius 3 is 2.52 bits per heavy atom. The molecule has 3 heterocycles. The second kappa shape index (κ2) is 7.28. The monoisotopic (exact) mass is 363 g/mol. The molecular weight excluding hydrogens is 342 g/mol. The minimum atomic E-state index is -0.263. The zero-order valence-corrected chi connectivity index (χ0v) is 15.4. The fourth-order valence-electron chi connectivity index (χ4n) is 3.26. The Morgan fingerprint density at radius 1 is 1.07 bits per heavy atom. The third-order valence-electron chi connectivity index (χ3n) is 4.68. The van der Waals surface area contributed by atoms with Crippen molar-refractivity contribution in [3.63, 3.8) is 0 Å². The number of ether oxygens (including phenoxy) is 1. The van der Waals surface area contributed by atoms with Crippen molar-refractivity contribution in [2.24, 2.45) is 0 Å². The lowest BCUT2D eigenvalue weighted by molar-refractivity contribution is 0.102. The highest BCUT2D eigenvalue weighted by Gasteiger charge is 2.19. The molecule has 1 fully saturated rings. The fourth-order valence-corrected chi connectivity index (χ4v) is 3.26. The van der Waals surface area contributed by atoms with Crippen molar-refractivity contribution in [2.45, 2.75) is 13.8 Å². The molecule has 1 amide bonds. The molecule has 7 heteroatoms. The molecular formula is C20H21N5O2. The lowest BCUT2D eigenvalue weighted by Gasteiger charge is -2.27. The van der Waals surface area contributed by atoms with Crippen LogP contribution in [0.5, 0.6) is 0 Å². The molecule has 1 saturated heterocycles. The van der Waals surface area contributed by atoms with Crippen molar-refractivity contribution in [3.05, 3.63) is 53.6 Å². The predicted molar refractivity (Wildman–Crippen MR) is 104 cm³/mol. The number of rotatable bonds is 3. The van der Waals surface area contributed by atoms with Crippen LogP contribution in [0.1, 0.15) is 21.9 Å². The van der Waals surface area contributed by atoms with Gasteiger partial charge in [-0.05, 0) is 25.3 Å². The number of aryl methyl sites for hydroxylation is 2. The van der Waals surface area contributed by atoms with Gasteiger partial charge in [-0.25, -0.2) is 9.97 Å². The number of nitrogens with zero attached hydrogens (tertiary/aromatic N) is 4. The van der Waals surface area contributed by atoms with Crippen LogP contribution >= 0.6 is 0 Å².